The van der Waals surface area contributed by atoms with Crippen molar-refractivity contribution >= 4 is 35.2 Å². The number of rotatable bonds is 8. The van der Waals surface area contributed by atoms with Gasteiger partial charge in [-0.05, 0) is 54.8 Å². The second-order valence-electron chi connectivity index (χ2n) is 7.12. The van der Waals surface area contributed by atoms with E-state index in [0.29, 0.717) is 5.69 Å². The molecule has 0 unspecified atom stereocenters. The summed E-state index contributed by atoms with van der Waals surface area (Å²) >= 11 is 5.62. The van der Waals surface area contributed by atoms with Gasteiger partial charge >= 0.3 is 6.18 Å². The largest absolute Gasteiger partial charge is 0.417 e. The highest BCUT2D eigenvalue weighted by molar-refractivity contribution is 6.31. The molecule has 0 aliphatic heterocycles. The Labute approximate surface area is 189 Å². The molecular weight excluding hydrogens is 445 g/mol. The molecule has 0 saturated carbocycles. The minimum absolute atomic E-state index is 0.133. The Morgan fingerprint density at radius 2 is 1.91 bits per heavy atom. The number of nitrogens with zero attached hydrogens (tertiary/aromatic N) is 1. The predicted molar refractivity (Wildman–Crippen MR) is 118 cm³/mol. The van der Waals surface area contributed by atoms with Gasteiger partial charge in [0, 0.05) is 25.4 Å². The van der Waals surface area contributed by atoms with Crippen molar-refractivity contribution in [1.82, 2.24) is 4.90 Å². The highest BCUT2D eigenvalue weighted by Crippen LogP contribution is 2.35. The Bertz CT molecular complexity index is 1010. The molecule has 9 heteroatoms. The third-order valence-electron chi connectivity index (χ3n) is 4.80. The molecule has 172 valence electrons. The van der Waals surface area contributed by atoms with Crippen LogP contribution in [0.15, 0.2) is 42.5 Å². The van der Waals surface area contributed by atoms with Crippen molar-refractivity contribution in [2.45, 2.75) is 20.0 Å². The minimum Gasteiger partial charge on any atom is -0.383 e. The zero-order chi connectivity index (χ0) is 23.9. The Morgan fingerprint density at radius 1 is 1.19 bits per heavy atom. The molecule has 0 aromatic heterocycles. The molecule has 0 aliphatic carbocycles. The van der Waals surface area contributed by atoms with E-state index in [4.69, 9.17) is 16.3 Å². The van der Waals surface area contributed by atoms with Gasteiger partial charge in [-0.15, -0.1) is 0 Å². The molecule has 5 nitrogen and oxygen atoms in total. The molecule has 0 saturated heterocycles. The summed E-state index contributed by atoms with van der Waals surface area (Å²) in [5.41, 5.74) is 1.74. The normalized spacial score (nSPS) is 11.6. The molecule has 2 aromatic carbocycles. The van der Waals surface area contributed by atoms with Crippen molar-refractivity contribution in [3.8, 4) is 0 Å². The second kappa shape index (κ2) is 11.2. The van der Waals surface area contributed by atoms with Crippen LogP contribution in [0.2, 0.25) is 5.02 Å². The van der Waals surface area contributed by atoms with Crippen LogP contribution >= 0.6 is 11.6 Å². The first-order valence-corrected chi connectivity index (χ1v) is 10.1. The number of carbonyl (C=O) groups is 2. The van der Waals surface area contributed by atoms with E-state index in [0.717, 1.165) is 29.3 Å². The lowest BCUT2D eigenvalue weighted by atomic mass is 10.1. The SMILES string of the molecule is COCCN(CC(=O)Nc1cccc(C)c1C)C(=O)/C=C/c1ccc(Cl)c(C(F)(F)F)c1. The summed E-state index contributed by atoms with van der Waals surface area (Å²) < 4.78 is 44.1. The van der Waals surface area contributed by atoms with Gasteiger partial charge in [0.15, 0.2) is 0 Å². The zero-order valence-corrected chi connectivity index (χ0v) is 18.7. The summed E-state index contributed by atoms with van der Waals surface area (Å²) in [4.78, 5) is 26.4. The fraction of sp³-hybridized carbons (Fsp3) is 0.304. The number of aryl methyl sites for hydroxylation is 1. The first-order chi connectivity index (χ1) is 15.0. The van der Waals surface area contributed by atoms with Crippen molar-refractivity contribution in [1.29, 1.82) is 0 Å². The van der Waals surface area contributed by atoms with E-state index in [1.165, 1.54) is 24.2 Å². The zero-order valence-electron chi connectivity index (χ0n) is 17.9. The molecule has 0 bridgehead atoms. The summed E-state index contributed by atoms with van der Waals surface area (Å²) in [5.74, 6) is -0.941. The minimum atomic E-state index is -4.61. The molecule has 0 radical (unpaired) electrons. The van der Waals surface area contributed by atoms with Crippen LogP contribution in [-0.2, 0) is 20.5 Å². The van der Waals surface area contributed by atoms with Crippen LogP contribution in [0, 0.1) is 13.8 Å². The number of ether oxygens (including phenoxy) is 1. The average Bonchev–Trinajstić information content (AvgIpc) is 2.72. The molecule has 2 amide bonds. The van der Waals surface area contributed by atoms with Crippen LogP contribution in [0.1, 0.15) is 22.3 Å². The number of halogens is 4. The van der Waals surface area contributed by atoms with Gasteiger partial charge in [0.1, 0.15) is 6.54 Å². The predicted octanol–water partition coefficient (Wildman–Crippen LogP) is 5.10. The summed E-state index contributed by atoms with van der Waals surface area (Å²) in [6.45, 7) is 3.88. The Kier molecular flexibility index (Phi) is 8.86. The average molecular weight is 469 g/mol. The van der Waals surface area contributed by atoms with Gasteiger partial charge < -0.3 is 15.0 Å². The Morgan fingerprint density at radius 3 is 2.56 bits per heavy atom. The van der Waals surface area contributed by atoms with Crippen LogP contribution in [0.4, 0.5) is 18.9 Å². The van der Waals surface area contributed by atoms with E-state index < -0.39 is 28.6 Å². The summed E-state index contributed by atoms with van der Waals surface area (Å²) in [7, 11) is 1.46. The van der Waals surface area contributed by atoms with Gasteiger partial charge in [0.05, 0.1) is 17.2 Å². The molecule has 0 spiro atoms. The molecular formula is C23H24ClF3N2O3. The van der Waals surface area contributed by atoms with Gasteiger partial charge in [-0.2, -0.15) is 13.2 Å². The standard InChI is InChI=1S/C23H24ClF3N2O3/c1-15-5-4-6-20(16(15)2)28-21(30)14-29(11-12-32-3)22(31)10-8-17-7-9-19(24)18(13-17)23(25,26)27/h4-10,13H,11-12,14H2,1-3H3,(H,28,30)/b10-8+. The topological polar surface area (TPSA) is 58.6 Å². The van der Waals surface area contributed by atoms with Crippen molar-refractivity contribution in [2.75, 3.05) is 32.1 Å². The number of hydrogen-bond acceptors (Lipinski definition) is 3. The first kappa shape index (κ1) is 25.4. The maximum Gasteiger partial charge on any atom is 0.417 e. The van der Waals surface area contributed by atoms with Crippen LogP contribution in [-0.4, -0.2) is 43.5 Å². The highest BCUT2D eigenvalue weighted by atomic mass is 35.5. The second-order valence-corrected chi connectivity index (χ2v) is 7.53. The van der Waals surface area contributed by atoms with Gasteiger partial charge in [0.2, 0.25) is 11.8 Å². The fourth-order valence-corrected chi connectivity index (χ4v) is 3.08. The van der Waals surface area contributed by atoms with Crippen LogP contribution < -0.4 is 5.32 Å². The van der Waals surface area contributed by atoms with E-state index in [1.807, 2.05) is 26.0 Å². The molecule has 0 fully saturated rings. The molecule has 0 atom stereocenters. The van der Waals surface area contributed by atoms with E-state index in [-0.39, 0.29) is 25.3 Å². The number of amides is 2. The molecule has 32 heavy (non-hydrogen) atoms. The number of benzene rings is 2. The van der Waals surface area contributed by atoms with Crippen molar-refractivity contribution in [3.05, 3.63) is 69.8 Å². The lowest BCUT2D eigenvalue weighted by Crippen LogP contribution is -2.39. The molecule has 2 rings (SSSR count). The lowest BCUT2D eigenvalue weighted by molar-refractivity contribution is -0.137. The summed E-state index contributed by atoms with van der Waals surface area (Å²) in [6.07, 6.45) is -2.25. The van der Waals surface area contributed by atoms with Crippen LogP contribution in [0.3, 0.4) is 0 Å². The number of nitrogens with one attached hydrogen (secondary N) is 1. The monoisotopic (exact) mass is 468 g/mol. The number of methoxy groups -OCH3 is 1. The number of anilines is 1. The molecule has 0 heterocycles. The van der Waals surface area contributed by atoms with E-state index >= 15 is 0 Å². The Hall–Kier alpha value is -2.84. The van der Waals surface area contributed by atoms with Crippen molar-refractivity contribution in [2.24, 2.45) is 0 Å². The first-order valence-electron chi connectivity index (χ1n) is 9.71. The van der Waals surface area contributed by atoms with E-state index in [9.17, 15) is 22.8 Å². The van der Waals surface area contributed by atoms with Crippen molar-refractivity contribution < 1.29 is 27.5 Å². The third kappa shape index (κ3) is 7.10. The fourth-order valence-electron chi connectivity index (χ4n) is 2.85. The quantitative estimate of drug-likeness (QED) is 0.548. The highest BCUT2D eigenvalue weighted by Gasteiger charge is 2.33. The number of alkyl halides is 3. The molecule has 2 aromatic rings. The van der Waals surface area contributed by atoms with Gasteiger partial charge in [0.25, 0.3) is 0 Å². The maximum atomic E-state index is 13.0. The van der Waals surface area contributed by atoms with Gasteiger partial charge in [-0.1, -0.05) is 29.8 Å². The van der Waals surface area contributed by atoms with Gasteiger partial charge in [-0.25, -0.2) is 0 Å². The van der Waals surface area contributed by atoms with E-state index in [1.54, 1.807) is 6.07 Å². The van der Waals surface area contributed by atoms with E-state index in [2.05, 4.69) is 5.32 Å². The number of carbonyl (C=O) groups excluding carboxylic acids is 2. The third-order valence-corrected chi connectivity index (χ3v) is 5.13. The summed E-state index contributed by atoms with van der Waals surface area (Å²) in [6, 6.07) is 8.85. The van der Waals surface area contributed by atoms with Crippen LogP contribution in [0.25, 0.3) is 6.08 Å². The van der Waals surface area contributed by atoms with Crippen molar-refractivity contribution in [3.63, 3.8) is 0 Å². The van der Waals surface area contributed by atoms with Crippen LogP contribution in [0.5, 0.6) is 0 Å². The lowest BCUT2D eigenvalue weighted by Gasteiger charge is -2.21. The summed E-state index contributed by atoms with van der Waals surface area (Å²) in [5, 5.41) is 2.35. The Balaban J connectivity index is 2.14. The molecule has 1 N–H and O–H groups in total. The maximum absolute atomic E-state index is 13.0. The smallest absolute Gasteiger partial charge is 0.383 e. The van der Waals surface area contributed by atoms with Gasteiger partial charge in [-0.3, -0.25) is 9.59 Å². The number of hydrogen-bond donors (Lipinski definition) is 1. The molecule has 0 aliphatic rings.